The summed E-state index contributed by atoms with van der Waals surface area (Å²) in [6.07, 6.45) is 17.1. The van der Waals surface area contributed by atoms with E-state index in [-0.39, 0.29) is 29.2 Å². The lowest BCUT2D eigenvalue weighted by Crippen LogP contribution is -2.15. The molecule has 0 unspecified atom stereocenters. The Bertz CT molecular complexity index is 881. The van der Waals surface area contributed by atoms with E-state index in [0.29, 0.717) is 6.54 Å². The van der Waals surface area contributed by atoms with Crippen LogP contribution in [0.1, 0.15) is 95.2 Å². The van der Waals surface area contributed by atoms with Crippen molar-refractivity contribution in [3.63, 3.8) is 0 Å². The van der Waals surface area contributed by atoms with E-state index < -0.39 is 0 Å². The number of hydrogen-bond donors (Lipinski definition) is 1. The summed E-state index contributed by atoms with van der Waals surface area (Å²) in [6.45, 7) is 3.13. The van der Waals surface area contributed by atoms with Gasteiger partial charge in [0.2, 0.25) is 11.2 Å². The van der Waals surface area contributed by atoms with Crippen LogP contribution in [0.5, 0.6) is 11.5 Å². The summed E-state index contributed by atoms with van der Waals surface area (Å²) in [4.78, 5) is 12.3. The molecule has 0 atom stereocenters. The van der Waals surface area contributed by atoms with Gasteiger partial charge >= 0.3 is 0 Å². The Hall–Kier alpha value is -2.74. The number of nitrogens with zero attached hydrogens (tertiary/aromatic N) is 2. The predicted octanol–water partition coefficient (Wildman–Crippen LogP) is 6.71. The Morgan fingerprint density at radius 3 is 2.00 bits per heavy atom. The van der Waals surface area contributed by atoms with E-state index in [1.165, 1.54) is 70.3 Å². The molecule has 0 amide bonds. The number of ether oxygens (including phenoxy) is 1. The molecule has 174 valence electrons. The van der Waals surface area contributed by atoms with Crippen LogP contribution >= 0.6 is 0 Å². The largest absolute Gasteiger partial charge is 0.508 e. The van der Waals surface area contributed by atoms with Gasteiger partial charge in [0.25, 0.3) is 0 Å². The maximum atomic E-state index is 12.3. The first-order valence-electron chi connectivity index (χ1n) is 12.2. The second kappa shape index (κ2) is 15.1. The predicted molar refractivity (Wildman–Crippen MR) is 129 cm³/mol. The average Bonchev–Trinajstić information content (AvgIpc) is 2.80. The van der Waals surface area contributed by atoms with Crippen molar-refractivity contribution in [3.8, 4) is 17.6 Å². The van der Waals surface area contributed by atoms with Crippen molar-refractivity contribution >= 4 is 0 Å². The number of phenols is 1. The zero-order valence-corrected chi connectivity index (χ0v) is 19.5. The summed E-state index contributed by atoms with van der Waals surface area (Å²) in [5.41, 5.74) is 0.813. The lowest BCUT2D eigenvalue weighted by atomic mass is 10.1. The summed E-state index contributed by atoms with van der Waals surface area (Å²) in [7, 11) is 0. The van der Waals surface area contributed by atoms with Crippen molar-refractivity contribution in [2.45, 2.75) is 97.1 Å². The van der Waals surface area contributed by atoms with Gasteiger partial charge in [0, 0.05) is 18.8 Å². The van der Waals surface area contributed by atoms with Gasteiger partial charge in [-0.05, 0) is 24.1 Å². The number of aromatic hydroxyl groups is 1. The van der Waals surface area contributed by atoms with Crippen LogP contribution in [0.2, 0.25) is 0 Å². The smallest absolute Gasteiger partial charge is 0.224 e. The number of rotatable bonds is 16. The molecule has 0 fully saturated rings. The fourth-order valence-corrected chi connectivity index (χ4v) is 3.87. The third-order valence-electron chi connectivity index (χ3n) is 5.81. The van der Waals surface area contributed by atoms with Gasteiger partial charge in [-0.15, -0.1) is 0 Å². The van der Waals surface area contributed by atoms with Gasteiger partial charge in [-0.3, -0.25) is 4.79 Å². The number of hydrogen-bond acceptors (Lipinski definition) is 4. The second-order valence-corrected chi connectivity index (χ2v) is 8.51. The summed E-state index contributed by atoms with van der Waals surface area (Å²) in [5.74, 6) is 0.276. The first-order chi connectivity index (χ1) is 15.7. The van der Waals surface area contributed by atoms with Gasteiger partial charge < -0.3 is 14.4 Å². The third kappa shape index (κ3) is 9.18. The Morgan fingerprint density at radius 2 is 1.44 bits per heavy atom. The number of pyridine rings is 1. The van der Waals surface area contributed by atoms with Crippen molar-refractivity contribution in [1.29, 1.82) is 5.26 Å². The van der Waals surface area contributed by atoms with E-state index >= 15 is 0 Å². The average molecular weight is 439 g/mol. The Labute approximate surface area is 192 Å². The van der Waals surface area contributed by atoms with Crippen LogP contribution in [-0.2, 0) is 13.2 Å². The molecule has 2 aromatic rings. The highest BCUT2D eigenvalue weighted by Crippen LogP contribution is 2.17. The lowest BCUT2D eigenvalue weighted by molar-refractivity contribution is 0.298. The van der Waals surface area contributed by atoms with E-state index in [1.807, 2.05) is 4.57 Å². The summed E-state index contributed by atoms with van der Waals surface area (Å²) in [6, 6.07) is 10.2. The SMILES string of the molecule is CCCCCCCCCCCCCCn1ccc(=O)c(OCc2ccc(O)cc2)c1C#N. The highest BCUT2D eigenvalue weighted by molar-refractivity contribution is 5.38. The Kier molecular flexibility index (Phi) is 12.1. The van der Waals surface area contributed by atoms with Crippen LogP contribution < -0.4 is 10.2 Å². The molecule has 0 spiro atoms. The minimum Gasteiger partial charge on any atom is -0.508 e. The second-order valence-electron chi connectivity index (χ2n) is 8.51. The minimum absolute atomic E-state index is 0.0991. The zero-order valence-electron chi connectivity index (χ0n) is 19.5. The van der Waals surface area contributed by atoms with Crippen molar-refractivity contribution in [2.24, 2.45) is 0 Å². The van der Waals surface area contributed by atoms with Crippen LogP contribution in [-0.4, -0.2) is 9.67 Å². The van der Waals surface area contributed by atoms with Crippen LogP contribution in [0.4, 0.5) is 0 Å². The number of aryl methyl sites for hydroxylation is 1. The summed E-state index contributed by atoms with van der Waals surface area (Å²) in [5, 5.41) is 19.0. The van der Waals surface area contributed by atoms with Gasteiger partial charge in [0.15, 0.2) is 5.69 Å². The molecule has 1 aromatic carbocycles. The summed E-state index contributed by atoms with van der Waals surface area (Å²) < 4.78 is 7.52. The quantitative estimate of drug-likeness (QED) is 0.296. The number of nitriles is 1. The Balaban J connectivity index is 1.72. The minimum atomic E-state index is -0.286. The molecule has 0 bridgehead atoms. The monoisotopic (exact) mass is 438 g/mol. The van der Waals surface area contributed by atoms with E-state index in [0.717, 1.165) is 18.4 Å². The highest BCUT2D eigenvalue weighted by Gasteiger charge is 2.12. The van der Waals surface area contributed by atoms with Gasteiger partial charge in [0.05, 0.1) is 0 Å². The molecule has 5 heteroatoms. The van der Waals surface area contributed by atoms with Crippen molar-refractivity contribution < 1.29 is 9.84 Å². The number of phenolic OH excluding ortho intramolecular Hbond substituents is 1. The van der Waals surface area contributed by atoms with Gasteiger partial charge in [-0.25, -0.2) is 0 Å². The molecular formula is C27H38N2O3. The van der Waals surface area contributed by atoms with Crippen LogP contribution in [0, 0.1) is 11.3 Å². The standard InChI is InChI=1S/C27H38N2O3/c1-2-3-4-5-6-7-8-9-10-11-12-13-19-29-20-18-26(31)27(25(29)21-28)32-22-23-14-16-24(30)17-15-23/h14-18,20,30H,2-13,19,22H2,1H3. The molecule has 32 heavy (non-hydrogen) atoms. The number of aromatic nitrogens is 1. The molecule has 2 rings (SSSR count). The van der Waals surface area contributed by atoms with Crippen molar-refractivity contribution in [2.75, 3.05) is 0 Å². The van der Waals surface area contributed by atoms with Gasteiger partial charge in [-0.1, -0.05) is 89.7 Å². The first kappa shape index (κ1) is 25.5. The van der Waals surface area contributed by atoms with E-state index in [4.69, 9.17) is 4.74 Å². The molecular weight excluding hydrogens is 400 g/mol. The molecule has 0 saturated carbocycles. The molecule has 1 heterocycles. The Morgan fingerprint density at radius 1 is 0.875 bits per heavy atom. The topological polar surface area (TPSA) is 75.2 Å². The lowest BCUT2D eigenvalue weighted by Gasteiger charge is -2.13. The zero-order chi connectivity index (χ0) is 23.0. The highest BCUT2D eigenvalue weighted by atomic mass is 16.5. The van der Waals surface area contributed by atoms with Crippen molar-refractivity contribution in [3.05, 3.63) is 58.0 Å². The maximum absolute atomic E-state index is 12.3. The molecule has 0 saturated heterocycles. The third-order valence-corrected chi connectivity index (χ3v) is 5.81. The maximum Gasteiger partial charge on any atom is 0.224 e. The van der Waals surface area contributed by atoms with Gasteiger partial charge in [-0.2, -0.15) is 5.26 Å². The van der Waals surface area contributed by atoms with E-state index in [9.17, 15) is 15.2 Å². The molecule has 0 aliphatic carbocycles. The molecule has 0 aliphatic rings. The first-order valence-corrected chi connectivity index (χ1v) is 12.2. The van der Waals surface area contributed by atoms with Crippen LogP contribution in [0.15, 0.2) is 41.3 Å². The normalized spacial score (nSPS) is 10.8. The van der Waals surface area contributed by atoms with Crippen LogP contribution in [0.25, 0.3) is 0 Å². The van der Waals surface area contributed by atoms with Gasteiger partial charge in [0.1, 0.15) is 18.4 Å². The fraction of sp³-hybridized carbons (Fsp3) is 0.556. The molecule has 0 radical (unpaired) electrons. The number of unbranched alkanes of at least 4 members (excludes halogenated alkanes) is 11. The van der Waals surface area contributed by atoms with E-state index in [2.05, 4.69) is 13.0 Å². The molecule has 0 aliphatic heterocycles. The fourth-order valence-electron chi connectivity index (χ4n) is 3.87. The van der Waals surface area contributed by atoms with Crippen LogP contribution in [0.3, 0.4) is 0 Å². The number of benzene rings is 1. The summed E-state index contributed by atoms with van der Waals surface area (Å²) >= 11 is 0. The molecule has 1 aromatic heterocycles. The van der Waals surface area contributed by atoms with Crippen molar-refractivity contribution in [1.82, 2.24) is 4.57 Å². The molecule has 1 N–H and O–H groups in total. The molecule has 5 nitrogen and oxygen atoms in total. The van der Waals surface area contributed by atoms with E-state index in [1.54, 1.807) is 30.5 Å².